The monoisotopic (exact) mass is 239 g/mol. The maximum atomic E-state index is 13.5. The van der Waals surface area contributed by atoms with Crippen molar-refractivity contribution < 1.29 is 4.39 Å². The Morgan fingerprint density at radius 1 is 1.50 bits per heavy atom. The fourth-order valence-corrected chi connectivity index (χ4v) is 3.59. The number of benzene rings is 1. The lowest BCUT2D eigenvalue weighted by molar-refractivity contribution is 0.532. The summed E-state index contributed by atoms with van der Waals surface area (Å²) in [6, 6.07) is 3.62. The van der Waals surface area contributed by atoms with Gasteiger partial charge < -0.3 is 5.32 Å². The lowest BCUT2D eigenvalue weighted by Gasteiger charge is -2.32. The molecular weight excluding hydrogens is 221 g/mol. The van der Waals surface area contributed by atoms with Crippen LogP contribution >= 0.6 is 11.8 Å². The molecule has 2 atom stereocenters. The van der Waals surface area contributed by atoms with Crippen molar-refractivity contribution in [1.29, 1.82) is 0 Å². The van der Waals surface area contributed by atoms with Crippen LogP contribution in [-0.4, -0.2) is 11.8 Å². The zero-order valence-electron chi connectivity index (χ0n) is 10.0. The summed E-state index contributed by atoms with van der Waals surface area (Å²) < 4.78 is 13.5. The van der Waals surface area contributed by atoms with Crippen LogP contribution in [0.3, 0.4) is 0 Å². The van der Waals surface area contributed by atoms with E-state index in [0.29, 0.717) is 5.25 Å². The molecule has 0 amide bonds. The van der Waals surface area contributed by atoms with E-state index >= 15 is 0 Å². The maximum absolute atomic E-state index is 13.5. The van der Waals surface area contributed by atoms with Gasteiger partial charge in [0, 0.05) is 17.0 Å². The predicted molar refractivity (Wildman–Crippen MR) is 68.3 cm³/mol. The highest BCUT2D eigenvalue weighted by molar-refractivity contribution is 7.99. The van der Waals surface area contributed by atoms with Gasteiger partial charge in [-0.05, 0) is 42.3 Å². The minimum atomic E-state index is -0.113. The van der Waals surface area contributed by atoms with E-state index in [2.05, 4.69) is 19.2 Å². The quantitative estimate of drug-likeness (QED) is 0.848. The van der Waals surface area contributed by atoms with Gasteiger partial charge in [-0.2, -0.15) is 11.8 Å². The van der Waals surface area contributed by atoms with Crippen LogP contribution in [0.1, 0.15) is 36.6 Å². The molecule has 88 valence electrons. The molecule has 1 N–H and O–H groups in total. The van der Waals surface area contributed by atoms with Gasteiger partial charge in [0.15, 0.2) is 0 Å². The highest BCUT2D eigenvalue weighted by Gasteiger charge is 2.27. The highest BCUT2D eigenvalue weighted by Crippen LogP contribution is 2.39. The molecule has 1 aromatic rings. The summed E-state index contributed by atoms with van der Waals surface area (Å²) in [5.74, 6) is 0.892. The Balaban J connectivity index is 2.45. The lowest BCUT2D eigenvalue weighted by Crippen LogP contribution is -2.32. The zero-order valence-corrected chi connectivity index (χ0v) is 10.8. The summed E-state index contributed by atoms with van der Waals surface area (Å²) in [6.07, 6.45) is 0. The van der Waals surface area contributed by atoms with Crippen LogP contribution < -0.4 is 5.32 Å². The summed E-state index contributed by atoms with van der Waals surface area (Å²) in [5.41, 5.74) is 3.55. The number of halogens is 1. The van der Waals surface area contributed by atoms with Gasteiger partial charge in [0.2, 0.25) is 0 Å². The van der Waals surface area contributed by atoms with E-state index in [1.807, 2.05) is 18.7 Å². The van der Waals surface area contributed by atoms with Gasteiger partial charge >= 0.3 is 0 Å². The minimum Gasteiger partial charge on any atom is -0.309 e. The Hall–Kier alpha value is -0.540. The van der Waals surface area contributed by atoms with Gasteiger partial charge in [-0.1, -0.05) is 13.8 Å². The Morgan fingerprint density at radius 3 is 2.94 bits per heavy atom. The number of aryl methyl sites for hydroxylation is 1. The Labute approximate surface area is 101 Å². The fourth-order valence-electron chi connectivity index (χ4n) is 2.33. The number of hydrogen-bond acceptors (Lipinski definition) is 2. The first kappa shape index (κ1) is 11.9. The Morgan fingerprint density at radius 2 is 2.25 bits per heavy atom. The van der Waals surface area contributed by atoms with E-state index in [9.17, 15) is 4.39 Å². The second kappa shape index (κ2) is 4.76. The minimum absolute atomic E-state index is 0.113. The van der Waals surface area contributed by atoms with E-state index in [0.717, 1.165) is 23.4 Å². The lowest BCUT2D eigenvalue weighted by atomic mass is 9.94. The van der Waals surface area contributed by atoms with Gasteiger partial charge in [0.05, 0.1) is 0 Å². The van der Waals surface area contributed by atoms with Gasteiger partial charge in [0.1, 0.15) is 5.82 Å². The molecule has 0 saturated heterocycles. The molecule has 0 saturated carbocycles. The Bertz CT molecular complexity index is 392. The van der Waals surface area contributed by atoms with Crippen LogP contribution in [0.25, 0.3) is 0 Å². The molecule has 0 bridgehead atoms. The van der Waals surface area contributed by atoms with Gasteiger partial charge in [0.25, 0.3) is 0 Å². The normalized spacial score (nSPS) is 24.2. The molecular formula is C13H18FNS. The second-order valence-corrected chi connectivity index (χ2v) is 5.71. The third kappa shape index (κ3) is 2.11. The van der Waals surface area contributed by atoms with E-state index in [4.69, 9.17) is 0 Å². The summed E-state index contributed by atoms with van der Waals surface area (Å²) in [5, 5.41) is 3.97. The predicted octanol–water partition coefficient (Wildman–Crippen LogP) is 3.42. The van der Waals surface area contributed by atoms with Crippen LogP contribution in [0.15, 0.2) is 12.1 Å². The zero-order chi connectivity index (χ0) is 11.7. The molecule has 1 nitrogen and oxygen atoms in total. The molecule has 0 spiro atoms. The first-order valence-electron chi connectivity index (χ1n) is 5.77. The van der Waals surface area contributed by atoms with Crippen LogP contribution in [0.2, 0.25) is 0 Å². The summed E-state index contributed by atoms with van der Waals surface area (Å²) in [6.45, 7) is 7.23. The summed E-state index contributed by atoms with van der Waals surface area (Å²) >= 11 is 1.94. The molecule has 2 rings (SSSR count). The second-order valence-electron chi connectivity index (χ2n) is 4.34. The number of hydrogen-bond donors (Lipinski definition) is 1. The molecule has 1 aromatic carbocycles. The molecule has 2 unspecified atom stereocenters. The van der Waals surface area contributed by atoms with Gasteiger partial charge in [-0.3, -0.25) is 0 Å². The average molecular weight is 239 g/mol. The maximum Gasteiger partial charge on any atom is 0.123 e. The van der Waals surface area contributed by atoms with Gasteiger partial charge in [-0.25, -0.2) is 4.39 Å². The molecule has 1 aliphatic heterocycles. The molecule has 1 aliphatic rings. The number of nitrogens with one attached hydrogen (secondary N) is 1. The number of fused-ring (bicyclic) bond motifs is 1. The van der Waals surface area contributed by atoms with E-state index < -0.39 is 0 Å². The molecule has 3 heteroatoms. The van der Waals surface area contributed by atoms with Crippen LogP contribution in [0.5, 0.6) is 0 Å². The average Bonchev–Trinajstić information content (AvgIpc) is 2.22. The van der Waals surface area contributed by atoms with Gasteiger partial charge in [-0.15, -0.1) is 0 Å². The molecule has 16 heavy (non-hydrogen) atoms. The molecule has 0 fully saturated rings. The fraction of sp³-hybridized carbons (Fsp3) is 0.538. The SMILES string of the molecule is CCNC1c2cc(F)cc(C)c2CSC1C. The third-order valence-electron chi connectivity index (χ3n) is 3.19. The van der Waals surface area contributed by atoms with Crippen LogP contribution in [-0.2, 0) is 5.75 Å². The van der Waals surface area contributed by atoms with E-state index in [1.54, 1.807) is 12.1 Å². The summed E-state index contributed by atoms with van der Waals surface area (Å²) in [7, 11) is 0. The van der Waals surface area contributed by atoms with Crippen molar-refractivity contribution in [2.24, 2.45) is 0 Å². The molecule has 0 radical (unpaired) electrons. The van der Waals surface area contributed by atoms with E-state index in [1.165, 1.54) is 5.56 Å². The first-order valence-corrected chi connectivity index (χ1v) is 6.82. The van der Waals surface area contributed by atoms with Crippen LogP contribution in [0, 0.1) is 12.7 Å². The molecule has 1 heterocycles. The van der Waals surface area contributed by atoms with Crippen molar-refractivity contribution in [3.05, 3.63) is 34.6 Å². The molecule has 0 aromatic heterocycles. The van der Waals surface area contributed by atoms with Crippen molar-refractivity contribution >= 4 is 11.8 Å². The smallest absolute Gasteiger partial charge is 0.123 e. The standard InChI is InChI=1S/C13H18FNS/c1-4-15-13-9(3)16-7-12-8(2)5-10(14)6-11(12)13/h5-6,9,13,15H,4,7H2,1-3H3. The van der Waals surface area contributed by atoms with E-state index in [-0.39, 0.29) is 11.9 Å². The van der Waals surface area contributed by atoms with Crippen LogP contribution in [0.4, 0.5) is 4.39 Å². The van der Waals surface area contributed by atoms with Crippen molar-refractivity contribution in [2.75, 3.05) is 6.54 Å². The number of thioether (sulfide) groups is 1. The van der Waals surface area contributed by atoms with Crippen molar-refractivity contribution in [3.8, 4) is 0 Å². The molecule has 0 aliphatic carbocycles. The summed E-state index contributed by atoms with van der Waals surface area (Å²) in [4.78, 5) is 0. The topological polar surface area (TPSA) is 12.0 Å². The van der Waals surface area contributed by atoms with Crippen molar-refractivity contribution in [3.63, 3.8) is 0 Å². The third-order valence-corrected chi connectivity index (χ3v) is 4.44. The Kier molecular flexibility index (Phi) is 3.55. The van der Waals surface area contributed by atoms with Crippen molar-refractivity contribution in [2.45, 2.75) is 37.8 Å². The number of rotatable bonds is 2. The largest absolute Gasteiger partial charge is 0.309 e. The first-order chi connectivity index (χ1) is 7.63. The highest BCUT2D eigenvalue weighted by atomic mass is 32.2. The van der Waals surface area contributed by atoms with Crippen molar-refractivity contribution in [1.82, 2.24) is 5.32 Å².